The molecule has 1 N–H and O–H groups in total. The van der Waals surface area contributed by atoms with Crippen LogP contribution < -0.4 is 5.32 Å². The van der Waals surface area contributed by atoms with Crippen LogP contribution in [0.25, 0.3) is 0 Å². The summed E-state index contributed by atoms with van der Waals surface area (Å²) in [4.78, 5) is 26.7. The minimum atomic E-state index is -0.105. The molecule has 0 bridgehead atoms. The Morgan fingerprint density at radius 2 is 1.84 bits per heavy atom. The topological polar surface area (TPSA) is 61.9 Å². The zero-order chi connectivity index (χ0) is 14.7. The SMILES string of the molecule is COCCCN(CC(=O)NCCCN(C)C)C(C)=O. The van der Waals surface area contributed by atoms with Crippen molar-refractivity contribution in [1.82, 2.24) is 15.1 Å². The second kappa shape index (κ2) is 10.8. The summed E-state index contributed by atoms with van der Waals surface area (Å²) in [7, 11) is 5.61. The maximum atomic E-state index is 11.7. The Morgan fingerprint density at radius 1 is 1.16 bits per heavy atom. The number of hydrogen-bond acceptors (Lipinski definition) is 4. The minimum Gasteiger partial charge on any atom is -0.385 e. The van der Waals surface area contributed by atoms with Gasteiger partial charge in [-0.3, -0.25) is 9.59 Å². The molecule has 0 saturated heterocycles. The van der Waals surface area contributed by atoms with Gasteiger partial charge in [-0.1, -0.05) is 0 Å². The van der Waals surface area contributed by atoms with E-state index in [1.165, 1.54) is 6.92 Å². The van der Waals surface area contributed by atoms with Crippen LogP contribution in [0.15, 0.2) is 0 Å². The highest BCUT2D eigenvalue weighted by Crippen LogP contribution is 1.93. The maximum Gasteiger partial charge on any atom is 0.239 e. The summed E-state index contributed by atoms with van der Waals surface area (Å²) >= 11 is 0. The number of nitrogens with zero attached hydrogens (tertiary/aromatic N) is 2. The quantitative estimate of drug-likeness (QED) is 0.566. The molecule has 2 amide bonds. The van der Waals surface area contributed by atoms with Gasteiger partial charge in [0.05, 0.1) is 6.54 Å². The van der Waals surface area contributed by atoms with Crippen molar-refractivity contribution in [2.24, 2.45) is 0 Å². The molecule has 0 aliphatic rings. The Bertz CT molecular complexity index is 270. The molecule has 0 rings (SSSR count). The molecule has 0 heterocycles. The van der Waals surface area contributed by atoms with Crippen LogP contribution in [0.2, 0.25) is 0 Å². The van der Waals surface area contributed by atoms with Gasteiger partial charge in [0.25, 0.3) is 0 Å². The number of ether oxygens (including phenoxy) is 1. The van der Waals surface area contributed by atoms with Crippen molar-refractivity contribution in [3.8, 4) is 0 Å². The van der Waals surface area contributed by atoms with E-state index in [0.717, 1.165) is 19.4 Å². The zero-order valence-electron chi connectivity index (χ0n) is 12.6. The number of methoxy groups -OCH3 is 1. The predicted octanol–water partition coefficient (Wildman–Crippen LogP) is -0.0607. The molecule has 0 radical (unpaired) electrons. The van der Waals surface area contributed by atoms with Gasteiger partial charge < -0.3 is 19.9 Å². The minimum absolute atomic E-state index is 0.0838. The van der Waals surface area contributed by atoms with Gasteiger partial charge in [0.2, 0.25) is 11.8 Å². The molecule has 0 aromatic carbocycles. The van der Waals surface area contributed by atoms with Crippen molar-refractivity contribution in [2.75, 3.05) is 54.0 Å². The number of hydrogen-bond donors (Lipinski definition) is 1. The first kappa shape index (κ1) is 17.9. The standard InChI is InChI=1S/C13H27N3O3/c1-12(17)16(9-6-10-19-4)11-13(18)14-7-5-8-15(2)3/h5-11H2,1-4H3,(H,14,18). The van der Waals surface area contributed by atoms with E-state index >= 15 is 0 Å². The highest BCUT2D eigenvalue weighted by molar-refractivity contribution is 5.83. The average Bonchev–Trinajstić information content (AvgIpc) is 2.33. The van der Waals surface area contributed by atoms with E-state index in [1.54, 1.807) is 12.0 Å². The first-order valence-corrected chi connectivity index (χ1v) is 6.63. The van der Waals surface area contributed by atoms with E-state index < -0.39 is 0 Å². The molecule has 112 valence electrons. The van der Waals surface area contributed by atoms with Crippen molar-refractivity contribution in [1.29, 1.82) is 0 Å². The Balaban J connectivity index is 3.86. The second-order valence-electron chi connectivity index (χ2n) is 4.79. The van der Waals surface area contributed by atoms with E-state index in [4.69, 9.17) is 4.74 Å². The summed E-state index contributed by atoms with van der Waals surface area (Å²) in [6, 6.07) is 0. The van der Waals surface area contributed by atoms with Crippen LogP contribution in [-0.4, -0.2) is 75.6 Å². The van der Waals surface area contributed by atoms with Gasteiger partial charge in [-0.05, 0) is 33.5 Å². The maximum absolute atomic E-state index is 11.7. The molecule has 0 fully saturated rings. The van der Waals surface area contributed by atoms with Crippen molar-refractivity contribution >= 4 is 11.8 Å². The van der Waals surface area contributed by atoms with Gasteiger partial charge in [-0.15, -0.1) is 0 Å². The van der Waals surface area contributed by atoms with Gasteiger partial charge in [-0.25, -0.2) is 0 Å². The van der Waals surface area contributed by atoms with Crippen LogP contribution in [0.4, 0.5) is 0 Å². The van der Waals surface area contributed by atoms with Crippen molar-refractivity contribution in [3.05, 3.63) is 0 Å². The molecule has 0 aliphatic heterocycles. The summed E-state index contributed by atoms with van der Waals surface area (Å²) in [6.07, 6.45) is 1.65. The van der Waals surface area contributed by atoms with Gasteiger partial charge in [0.1, 0.15) is 0 Å². The lowest BCUT2D eigenvalue weighted by molar-refractivity contribution is -0.134. The van der Waals surface area contributed by atoms with Crippen LogP contribution in [0.1, 0.15) is 19.8 Å². The van der Waals surface area contributed by atoms with E-state index in [-0.39, 0.29) is 18.4 Å². The van der Waals surface area contributed by atoms with Gasteiger partial charge in [0, 0.05) is 33.7 Å². The molecule has 19 heavy (non-hydrogen) atoms. The number of amides is 2. The third-order valence-electron chi connectivity index (χ3n) is 2.66. The number of rotatable bonds is 10. The van der Waals surface area contributed by atoms with Crippen molar-refractivity contribution < 1.29 is 14.3 Å². The monoisotopic (exact) mass is 273 g/mol. The Labute approximate surface area is 116 Å². The summed E-state index contributed by atoms with van der Waals surface area (Å²) in [5.41, 5.74) is 0. The smallest absolute Gasteiger partial charge is 0.239 e. The molecule has 0 aromatic heterocycles. The molecule has 0 unspecified atom stereocenters. The molecular weight excluding hydrogens is 246 g/mol. The molecule has 0 aromatic rings. The Hall–Kier alpha value is -1.14. The first-order chi connectivity index (χ1) is 8.97. The van der Waals surface area contributed by atoms with Gasteiger partial charge >= 0.3 is 0 Å². The third-order valence-corrected chi connectivity index (χ3v) is 2.66. The van der Waals surface area contributed by atoms with Gasteiger partial charge in [-0.2, -0.15) is 0 Å². The lowest BCUT2D eigenvalue weighted by Crippen LogP contribution is -2.41. The van der Waals surface area contributed by atoms with Gasteiger partial charge in [0.15, 0.2) is 0 Å². The van der Waals surface area contributed by atoms with E-state index in [2.05, 4.69) is 10.2 Å². The summed E-state index contributed by atoms with van der Waals surface area (Å²) in [6.45, 7) is 4.32. The van der Waals surface area contributed by atoms with Crippen LogP contribution in [0, 0.1) is 0 Å². The molecule has 6 nitrogen and oxygen atoms in total. The number of nitrogens with one attached hydrogen (secondary N) is 1. The number of carbonyl (C=O) groups is 2. The molecular formula is C13H27N3O3. The van der Waals surface area contributed by atoms with Crippen LogP contribution >= 0.6 is 0 Å². The fraction of sp³-hybridized carbons (Fsp3) is 0.846. The molecule has 0 aliphatic carbocycles. The zero-order valence-corrected chi connectivity index (χ0v) is 12.6. The molecule has 6 heteroatoms. The summed E-state index contributed by atoms with van der Waals surface area (Å²) in [5.74, 6) is -0.189. The highest BCUT2D eigenvalue weighted by atomic mass is 16.5. The normalized spacial score (nSPS) is 10.6. The van der Waals surface area contributed by atoms with E-state index in [1.807, 2.05) is 14.1 Å². The van der Waals surface area contributed by atoms with Crippen LogP contribution in [-0.2, 0) is 14.3 Å². The predicted molar refractivity (Wildman–Crippen MR) is 74.9 cm³/mol. The van der Waals surface area contributed by atoms with E-state index in [0.29, 0.717) is 19.7 Å². The molecule has 0 atom stereocenters. The first-order valence-electron chi connectivity index (χ1n) is 6.63. The largest absolute Gasteiger partial charge is 0.385 e. The lowest BCUT2D eigenvalue weighted by atomic mass is 10.3. The Kier molecular flexibility index (Phi) is 10.1. The summed E-state index contributed by atoms with van der Waals surface area (Å²) in [5, 5.41) is 2.82. The molecule has 0 spiro atoms. The second-order valence-corrected chi connectivity index (χ2v) is 4.79. The highest BCUT2D eigenvalue weighted by Gasteiger charge is 2.12. The lowest BCUT2D eigenvalue weighted by Gasteiger charge is -2.20. The number of carbonyl (C=O) groups excluding carboxylic acids is 2. The Morgan fingerprint density at radius 3 is 2.37 bits per heavy atom. The molecule has 0 saturated carbocycles. The fourth-order valence-corrected chi connectivity index (χ4v) is 1.60. The van der Waals surface area contributed by atoms with E-state index in [9.17, 15) is 9.59 Å². The third kappa shape index (κ3) is 10.5. The summed E-state index contributed by atoms with van der Waals surface area (Å²) < 4.78 is 4.94. The van der Waals surface area contributed by atoms with Crippen LogP contribution in [0.3, 0.4) is 0 Å². The fourth-order valence-electron chi connectivity index (χ4n) is 1.60. The average molecular weight is 273 g/mol. The van der Waals surface area contributed by atoms with Crippen molar-refractivity contribution in [2.45, 2.75) is 19.8 Å². The van der Waals surface area contributed by atoms with Crippen molar-refractivity contribution in [3.63, 3.8) is 0 Å². The van der Waals surface area contributed by atoms with Crippen LogP contribution in [0.5, 0.6) is 0 Å².